The summed E-state index contributed by atoms with van der Waals surface area (Å²) in [5.41, 5.74) is 0.338. The first-order valence-electron chi connectivity index (χ1n) is 3.92. The molecule has 14 heavy (non-hydrogen) atoms. The van der Waals surface area contributed by atoms with E-state index in [-0.39, 0.29) is 6.42 Å². The lowest BCUT2D eigenvalue weighted by Crippen LogP contribution is -1.95. The summed E-state index contributed by atoms with van der Waals surface area (Å²) in [5, 5.41) is 8.43. The van der Waals surface area contributed by atoms with Crippen LogP contribution in [0.15, 0.2) is 6.07 Å². The van der Waals surface area contributed by atoms with E-state index in [4.69, 9.17) is 5.11 Å². The SMILES string of the molecule is O=Cc1cc(CCC(=O)O)sc1C=O. The molecule has 0 bridgehead atoms. The van der Waals surface area contributed by atoms with E-state index in [0.29, 0.717) is 29.4 Å². The van der Waals surface area contributed by atoms with Crippen LogP contribution in [0.4, 0.5) is 0 Å². The number of carbonyl (C=O) groups excluding carboxylic acids is 2. The van der Waals surface area contributed by atoms with Crippen molar-refractivity contribution in [1.29, 1.82) is 0 Å². The van der Waals surface area contributed by atoms with Gasteiger partial charge in [0.2, 0.25) is 0 Å². The highest BCUT2D eigenvalue weighted by Crippen LogP contribution is 2.20. The van der Waals surface area contributed by atoms with E-state index in [1.165, 1.54) is 0 Å². The van der Waals surface area contributed by atoms with Crippen LogP contribution in [0.5, 0.6) is 0 Å². The molecule has 1 rings (SSSR count). The Labute approximate surface area is 84.2 Å². The van der Waals surface area contributed by atoms with E-state index < -0.39 is 5.97 Å². The van der Waals surface area contributed by atoms with Gasteiger partial charge in [-0.25, -0.2) is 0 Å². The van der Waals surface area contributed by atoms with Gasteiger partial charge in [-0.05, 0) is 12.5 Å². The van der Waals surface area contributed by atoms with Gasteiger partial charge in [0, 0.05) is 10.4 Å². The third-order valence-electron chi connectivity index (χ3n) is 1.66. The standard InChI is InChI=1S/C9H8O4S/c10-4-6-3-7(1-2-9(12)13)14-8(6)5-11/h3-5H,1-2H2,(H,12,13). The fourth-order valence-electron chi connectivity index (χ4n) is 1.01. The molecule has 5 heteroatoms. The number of carbonyl (C=O) groups is 3. The fraction of sp³-hybridized carbons (Fsp3) is 0.222. The zero-order chi connectivity index (χ0) is 10.6. The number of carboxylic acids is 1. The Balaban J connectivity index is 2.78. The van der Waals surface area contributed by atoms with Crippen molar-refractivity contribution < 1.29 is 19.5 Å². The van der Waals surface area contributed by atoms with Crippen molar-refractivity contribution in [3.8, 4) is 0 Å². The fourth-order valence-corrected chi connectivity index (χ4v) is 1.96. The van der Waals surface area contributed by atoms with E-state index in [1.807, 2.05) is 0 Å². The van der Waals surface area contributed by atoms with Crippen molar-refractivity contribution in [2.24, 2.45) is 0 Å². The van der Waals surface area contributed by atoms with Crippen LogP contribution in [-0.4, -0.2) is 23.6 Å². The first kappa shape index (κ1) is 10.6. The lowest BCUT2D eigenvalue weighted by Gasteiger charge is -1.90. The van der Waals surface area contributed by atoms with Crippen molar-refractivity contribution in [3.63, 3.8) is 0 Å². The second-order valence-electron chi connectivity index (χ2n) is 2.66. The summed E-state index contributed by atoms with van der Waals surface area (Å²) in [6, 6.07) is 1.56. The van der Waals surface area contributed by atoms with E-state index in [1.54, 1.807) is 6.07 Å². The van der Waals surface area contributed by atoms with Gasteiger partial charge in [-0.1, -0.05) is 0 Å². The predicted octanol–water partition coefficient (Wildman–Crippen LogP) is 1.39. The van der Waals surface area contributed by atoms with Crippen LogP contribution >= 0.6 is 11.3 Å². The molecule has 0 aromatic carbocycles. The van der Waals surface area contributed by atoms with Gasteiger partial charge in [0.15, 0.2) is 12.6 Å². The van der Waals surface area contributed by atoms with E-state index >= 15 is 0 Å². The van der Waals surface area contributed by atoms with Crippen LogP contribution in [0.1, 0.15) is 31.3 Å². The molecule has 0 fully saturated rings. The molecule has 1 aromatic heterocycles. The van der Waals surface area contributed by atoms with Crippen LogP contribution in [0.2, 0.25) is 0 Å². The number of thiophene rings is 1. The number of aldehydes is 2. The Bertz CT molecular complexity index is 341. The Morgan fingerprint density at radius 2 is 2.14 bits per heavy atom. The minimum atomic E-state index is -0.890. The van der Waals surface area contributed by atoms with Gasteiger partial charge in [0.25, 0.3) is 0 Å². The molecule has 0 saturated heterocycles. The molecule has 0 amide bonds. The largest absolute Gasteiger partial charge is 0.481 e. The topological polar surface area (TPSA) is 71.4 Å². The molecule has 0 unspecified atom stereocenters. The van der Waals surface area contributed by atoms with Crippen LogP contribution < -0.4 is 0 Å². The molecule has 0 saturated carbocycles. The third kappa shape index (κ3) is 2.50. The maximum absolute atomic E-state index is 10.5. The highest BCUT2D eigenvalue weighted by Gasteiger charge is 2.08. The summed E-state index contributed by atoms with van der Waals surface area (Å²) in [5.74, 6) is -0.890. The lowest BCUT2D eigenvalue weighted by molar-refractivity contribution is -0.136. The van der Waals surface area contributed by atoms with Crippen LogP contribution in [0.3, 0.4) is 0 Å². The molecular weight excluding hydrogens is 204 g/mol. The zero-order valence-corrected chi connectivity index (χ0v) is 8.04. The van der Waals surface area contributed by atoms with E-state index in [0.717, 1.165) is 16.2 Å². The predicted molar refractivity (Wildman–Crippen MR) is 51.1 cm³/mol. The molecule has 0 aliphatic carbocycles. The summed E-state index contributed by atoms with van der Waals surface area (Å²) in [7, 11) is 0. The molecule has 0 aliphatic heterocycles. The van der Waals surface area contributed by atoms with Gasteiger partial charge in [0.05, 0.1) is 11.3 Å². The molecule has 1 aromatic rings. The van der Waals surface area contributed by atoms with Crippen LogP contribution in [0.25, 0.3) is 0 Å². The first-order valence-corrected chi connectivity index (χ1v) is 4.74. The van der Waals surface area contributed by atoms with Gasteiger partial charge in [0.1, 0.15) is 0 Å². The molecule has 0 spiro atoms. The molecule has 4 nitrogen and oxygen atoms in total. The van der Waals surface area contributed by atoms with Crippen molar-refractivity contribution in [3.05, 3.63) is 21.4 Å². The quantitative estimate of drug-likeness (QED) is 0.748. The molecule has 74 valence electrons. The van der Waals surface area contributed by atoms with Crippen molar-refractivity contribution in [1.82, 2.24) is 0 Å². The molecule has 0 aliphatic rings. The maximum Gasteiger partial charge on any atom is 0.303 e. The highest BCUT2D eigenvalue weighted by molar-refractivity contribution is 7.14. The van der Waals surface area contributed by atoms with Gasteiger partial charge in [-0.2, -0.15) is 0 Å². The summed E-state index contributed by atoms with van der Waals surface area (Å²) in [6.07, 6.45) is 1.58. The van der Waals surface area contributed by atoms with Gasteiger partial charge < -0.3 is 5.11 Å². The second-order valence-corrected chi connectivity index (χ2v) is 3.83. The number of carboxylic acid groups (broad SMARTS) is 1. The smallest absolute Gasteiger partial charge is 0.303 e. The average Bonchev–Trinajstić information content (AvgIpc) is 2.57. The minimum Gasteiger partial charge on any atom is -0.481 e. The lowest BCUT2D eigenvalue weighted by atomic mass is 10.2. The Morgan fingerprint density at radius 1 is 1.43 bits per heavy atom. The first-order chi connectivity index (χ1) is 6.67. The zero-order valence-electron chi connectivity index (χ0n) is 7.23. The number of aryl methyl sites for hydroxylation is 1. The molecule has 1 N–H and O–H groups in total. The summed E-state index contributed by atoms with van der Waals surface area (Å²) in [6.45, 7) is 0. The van der Waals surface area contributed by atoms with Crippen LogP contribution in [-0.2, 0) is 11.2 Å². The van der Waals surface area contributed by atoms with Gasteiger partial charge in [-0.15, -0.1) is 11.3 Å². The van der Waals surface area contributed by atoms with E-state index in [2.05, 4.69) is 0 Å². The van der Waals surface area contributed by atoms with Crippen molar-refractivity contribution >= 4 is 29.9 Å². The molecule has 0 atom stereocenters. The molecule has 1 heterocycles. The summed E-state index contributed by atoms with van der Waals surface area (Å²) >= 11 is 1.16. The Morgan fingerprint density at radius 3 is 2.57 bits per heavy atom. The monoisotopic (exact) mass is 212 g/mol. The van der Waals surface area contributed by atoms with Gasteiger partial charge in [-0.3, -0.25) is 14.4 Å². The molecule has 0 radical (unpaired) electrons. The number of aliphatic carboxylic acids is 1. The van der Waals surface area contributed by atoms with Crippen molar-refractivity contribution in [2.45, 2.75) is 12.8 Å². The number of rotatable bonds is 5. The third-order valence-corrected chi connectivity index (χ3v) is 2.80. The van der Waals surface area contributed by atoms with Crippen LogP contribution in [0, 0.1) is 0 Å². The maximum atomic E-state index is 10.5. The Kier molecular flexibility index (Phi) is 3.53. The minimum absolute atomic E-state index is 0.0110. The number of hydrogen-bond acceptors (Lipinski definition) is 4. The summed E-state index contributed by atoms with van der Waals surface area (Å²) in [4.78, 5) is 32.3. The molecular formula is C9H8O4S. The normalized spacial score (nSPS) is 9.71. The summed E-state index contributed by atoms with van der Waals surface area (Å²) < 4.78 is 0. The number of hydrogen-bond donors (Lipinski definition) is 1. The van der Waals surface area contributed by atoms with Crippen molar-refractivity contribution in [2.75, 3.05) is 0 Å². The highest BCUT2D eigenvalue weighted by atomic mass is 32.1. The average molecular weight is 212 g/mol. The van der Waals surface area contributed by atoms with E-state index in [9.17, 15) is 14.4 Å². The second kappa shape index (κ2) is 4.66. The Hall–Kier alpha value is -1.49. The van der Waals surface area contributed by atoms with Gasteiger partial charge >= 0.3 is 5.97 Å².